The summed E-state index contributed by atoms with van der Waals surface area (Å²) in [6.07, 6.45) is 7.88. The second-order valence-electron chi connectivity index (χ2n) is 5.71. The Morgan fingerprint density at radius 2 is 2.07 bits per heavy atom. The Morgan fingerprint density at radius 1 is 1.36 bits per heavy atom. The number of fused-ring (bicyclic) bond motifs is 2. The molecule has 1 nitrogen and oxygen atoms in total. The van der Waals surface area contributed by atoms with Crippen LogP contribution in [0.2, 0.25) is 0 Å². The lowest BCUT2D eigenvalue weighted by Gasteiger charge is -2.36. The molecule has 0 amide bonds. The van der Waals surface area contributed by atoms with E-state index in [4.69, 9.17) is 0 Å². The fraction of sp³-hybridized carbons (Fsp3) is 0.846. The lowest BCUT2D eigenvalue weighted by molar-refractivity contribution is -0.0415. The van der Waals surface area contributed by atoms with E-state index in [1.165, 1.54) is 6.42 Å². The second-order valence-corrected chi connectivity index (χ2v) is 5.71. The minimum absolute atomic E-state index is 0.385. The molecule has 4 unspecified atom stereocenters. The first-order valence-corrected chi connectivity index (χ1v) is 5.93. The number of hydrogen-bond acceptors (Lipinski definition) is 1. The molecule has 0 aliphatic heterocycles. The third-order valence-corrected chi connectivity index (χ3v) is 4.08. The highest BCUT2D eigenvalue weighted by atomic mass is 16.3. The van der Waals surface area contributed by atoms with Gasteiger partial charge in [-0.15, -0.1) is 0 Å². The zero-order valence-electron chi connectivity index (χ0n) is 9.53. The van der Waals surface area contributed by atoms with E-state index in [0.717, 1.165) is 12.8 Å². The van der Waals surface area contributed by atoms with Crippen LogP contribution in [0.1, 0.15) is 40.0 Å². The maximum Gasteiger partial charge on any atom is 0.0741 e. The number of rotatable bonds is 3. The molecule has 0 saturated heterocycles. The van der Waals surface area contributed by atoms with E-state index >= 15 is 0 Å². The summed E-state index contributed by atoms with van der Waals surface area (Å²) in [5.41, 5.74) is -0.385. The van der Waals surface area contributed by atoms with Gasteiger partial charge < -0.3 is 5.11 Å². The van der Waals surface area contributed by atoms with Crippen molar-refractivity contribution < 1.29 is 5.11 Å². The van der Waals surface area contributed by atoms with Gasteiger partial charge in [-0.3, -0.25) is 0 Å². The van der Waals surface area contributed by atoms with Crippen molar-refractivity contribution >= 4 is 0 Å². The van der Waals surface area contributed by atoms with Gasteiger partial charge >= 0.3 is 0 Å². The molecule has 14 heavy (non-hydrogen) atoms. The van der Waals surface area contributed by atoms with Crippen LogP contribution in [0.25, 0.3) is 0 Å². The summed E-state index contributed by atoms with van der Waals surface area (Å²) < 4.78 is 0. The maximum absolute atomic E-state index is 10.6. The normalized spacial score (nSPS) is 42.4. The highest BCUT2D eigenvalue weighted by molar-refractivity contribution is 5.17. The van der Waals surface area contributed by atoms with E-state index in [1.807, 2.05) is 0 Å². The lowest BCUT2D eigenvalue weighted by Crippen LogP contribution is -2.41. The molecule has 2 aliphatic carbocycles. The average Bonchev–Trinajstić information content (AvgIpc) is 2.62. The highest BCUT2D eigenvalue weighted by Gasteiger charge is 2.49. The molecule has 0 spiro atoms. The molecule has 4 atom stereocenters. The molecule has 2 rings (SSSR count). The minimum Gasteiger partial charge on any atom is -0.389 e. The fourth-order valence-electron chi connectivity index (χ4n) is 3.35. The van der Waals surface area contributed by atoms with Crippen molar-refractivity contribution in [2.75, 3.05) is 0 Å². The summed E-state index contributed by atoms with van der Waals surface area (Å²) in [6.45, 7) is 6.69. The molecule has 1 fully saturated rings. The molecule has 0 aromatic rings. The molecule has 1 N–H and O–H groups in total. The SMILES string of the molecule is CC(C)CC(C)C1(O)CC2C=CC1C2. The topological polar surface area (TPSA) is 20.2 Å². The summed E-state index contributed by atoms with van der Waals surface area (Å²) >= 11 is 0. The van der Waals surface area contributed by atoms with Gasteiger partial charge in [0.25, 0.3) is 0 Å². The van der Waals surface area contributed by atoms with Gasteiger partial charge in [0, 0.05) is 5.92 Å². The third kappa shape index (κ3) is 1.52. The molecule has 0 radical (unpaired) electrons. The van der Waals surface area contributed by atoms with Crippen LogP contribution in [0.3, 0.4) is 0 Å². The summed E-state index contributed by atoms with van der Waals surface area (Å²) in [4.78, 5) is 0. The Hall–Kier alpha value is -0.300. The minimum atomic E-state index is -0.385. The number of hydrogen-bond donors (Lipinski definition) is 1. The standard InChI is InChI=1S/C13H22O/c1-9(2)6-10(3)13(14)8-11-4-5-12(13)7-11/h4-5,9-12,14H,6-8H2,1-3H3. The Bertz CT molecular complexity index is 244. The first-order valence-electron chi connectivity index (χ1n) is 5.93. The largest absolute Gasteiger partial charge is 0.389 e. The first-order chi connectivity index (χ1) is 6.52. The van der Waals surface area contributed by atoms with Crippen LogP contribution in [0, 0.1) is 23.7 Å². The van der Waals surface area contributed by atoms with Crippen molar-refractivity contribution in [2.24, 2.45) is 23.7 Å². The van der Waals surface area contributed by atoms with Crippen molar-refractivity contribution in [1.29, 1.82) is 0 Å². The quantitative estimate of drug-likeness (QED) is 0.685. The van der Waals surface area contributed by atoms with E-state index in [9.17, 15) is 5.11 Å². The van der Waals surface area contributed by atoms with E-state index in [1.54, 1.807) is 0 Å². The van der Waals surface area contributed by atoms with E-state index in [-0.39, 0.29) is 5.60 Å². The Labute approximate surface area is 87.2 Å². The summed E-state index contributed by atoms with van der Waals surface area (Å²) in [5.74, 6) is 2.25. The van der Waals surface area contributed by atoms with E-state index < -0.39 is 0 Å². The van der Waals surface area contributed by atoms with Crippen molar-refractivity contribution in [1.82, 2.24) is 0 Å². The van der Waals surface area contributed by atoms with Gasteiger partial charge in [-0.25, -0.2) is 0 Å². The van der Waals surface area contributed by atoms with Gasteiger partial charge in [0.05, 0.1) is 5.60 Å². The molecule has 1 heteroatoms. The molecule has 2 bridgehead atoms. The van der Waals surface area contributed by atoms with Gasteiger partial charge in [0.2, 0.25) is 0 Å². The molecular weight excluding hydrogens is 172 g/mol. The van der Waals surface area contributed by atoms with Gasteiger partial charge in [-0.2, -0.15) is 0 Å². The Morgan fingerprint density at radius 3 is 2.50 bits per heavy atom. The predicted molar refractivity (Wildman–Crippen MR) is 58.9 cm³/mol. The summed E-state index contributed by atoms with van der Waals surface area (Å²) in [5, 5.41) is 10.6. The summed E-state index contributed by atoms with van der Waals surface area (Å²) in [6, 6.07) is 0. The van der Waals surface area contributed by atoms with Crippen LogP contribution in [0.4, 0.5) is 0 Å². The van der Waals surface area contributed by atoms with Crippen molar-refractivity contribution in [2.45, 2.75) is 45.6 Å². The first kappa shape index (κ1) is 10.2. The van der Waals surface area contributed by atoms with Crippen LogP contribution < -0.4 is 0 Å². The predicted octanol–water partition coefficient (Wildman–Crippen LogP) is 3.00. The van der Waals surface area contributed by atoms with E-state index in [2.05, 4.69) is 32.9 Å². The zero-order valence-corrected chi connectivity index (χ0v) is 9.53. The van der Waals surface area contributed by atoms with Gasteiger partial charge in [0.15, 0.2) is 0 Å². The van der Waals surface area contributed by atoms with E-state index in [0.29, 0.717) is 23.7 Å². The Kier molecular flexibility index (Phi) is 2.46. The second kappa shape index (κ2) is 3.37. The summed E-state index contributed by atoms with van der Waals surface area (Å²) in [7, 11) is 0. The maximum atomic E-state index is 10.6. The monoisotopic (exact) mass is 194 g/mol. The number of allylic oxidation sites excluding steroid dienone is 1. The smallest absolute Gasteiger partial charge is 0.0741 e. The van der Waals surface area contributed by atoms with Gasteiger partial charge in [-0.1, -0.05) is 32.9 Å². The molecule has 0 aromatic carbocycles. The number of aliphatic hydroxyl groups is 1. The van der Waals surface area contributed by atoms with Crippen LogP contribution in [-0.2, 0) is 0 Å². The van der Waals surface area contributed by atoms with Gasteiger partial charge in [-0.05, 0) is 37.0 Å². The van der Waals surface area contributed by atoms with Crippen molar-refractivity contribution in [3.8, 4) is 0 Å². The van der Waals surface area contributed by atoms with Crippen LogP contribution >= 0.6 is 0 Å². The molecular formula is C13H22O. The highest BCUT2D eigenvalue weighted by Crippen LogP contribution is 2.50. The average molecular weight is 194 g/mol. The van der Waals surface area contributed by atoms with Crippen molar-refractivity contribution in [3.63, 3.8) is 0 Å². The zero-order chi connectivity index (χ0) is 10.3. The molecule has 80 valence electrons. The molecule has 2 aliphatic rings. The molecule has 0 heterocycles. The molecule has 0 aromatic heterocycles. The van der Waals surface area contributed by atoms with Crippen LogP contribution in [0.15, 0.2) is 12.2 Å². The third-order valence-electron chi connectivity index (χ3n) is 4.08. The van der Waals surface area contributed by atoms with Gasteiger partial charge in [0.1, 0.15) is 0 Å². The lowest BCUT2D eigenvalue weighted by atomic mass is 9.75. The molecule has 1 saturated carbocycles. The Balaban J connectivity index is 2.06. The fourth-order valence-corrected chi connectivity index (χ4v) is 3.35. The van der Waals surface area contributed by atoms with Crippen LogP contribution in [0.5, 0.6) is 0 Å². The van der Waals surface area contributed by atoms with Crippen LogP contribution in [-0.4, -0.2) is 10.7 Å². The van der Waals surface area contributed by atoms with Crippen molar-refractivity contribution in [3.05, 3.63) is 12.2 Å².